The van der Waals surface area contributed by atoms with Gasteiger partial charge in [-0.3, -0.25) is 14.7 Å². The first-order valence-electron chi connectivity index (χ1n) is 8.04. The summed E-state index contributed by atoms with van der Waals surface area (Å²) >= 11 is 1.61. The number of hydrogen-bond acceptors (Lipinski definition) is 4. The Labute approximate surface area is 146 Å². The second kappa shape index (κ2) is 8.02. The highest BCUT2D eigenvalue weighted by atomic mass is 32.2. The van der Waals surface area contributed by atoms with Crippen molar-refractivity contribution in [1.82, 2.24) is 4.90 Å². The second-order valence-corrected chi connectivity index (χ2v) is 6.30. The first-order valence-corrected chi connectivity index (χ1v) is 9.02. The molecule has 0 saturated carbocycles. The lowest BCUT2D eigenvalue weighted by atomic mass is 10.2. The molecule has 1 aliphatic rings. The molecule has 3 rings (SSSR count). The highest BCUT2D eigenvalue weighted by molar-refractivity contribution is 8.13. The van der Waals surface area contributed by atoms with Crippen molar-refractivity contribution >= 4 is 22.8 Å². The summed E-state index contributed by atoms with van der Waals surface area (Å²) in [6.45, 7) is 3.87. The third kappa shape index (κ3) is 3.97. The number of carbonyl (C=O) groups excluding carboxylic acids is 1. The molecule has 0 spiro atoms. The molecule has 0 bridgehead atoms. The standard InChI is InChI=1S/C19H20N2O2S/c1-2-23-17-10-8-16(9-11-17)18(22)21-13-12-20-19(21)24-14-15-6-4-3-5-7-15/h3-11H,2,12-14H2,1H3. The van der Waals surface area contributed by atoms with Crippen molar-refractivity contribution in [3.05, 3.63) is 65.7 Å². The van der Waals surface area contributed by atoms with E-state index in [1.54, 1.807) is 16.7 Å². The summed E-state index contributed by atoms with van der Waals surface area (Å²) in [5.74, 6) is 1.59. The highest BCUT2D eigenvalue weighted by Crippen LogP contribution is 2.22. The lowest BCUT2D eigenvalue weighted by molar-refractivity contribution is 0.0860. The molecule has 2 aromatic carbocycles. The van der Waals surface area contributed by atoms with Crippen LogP contribution in [-0.2, 0) is 5.75 Å². The maximum atomic E-state index is 12.7. The summed E-state index contributed by atoms with van der Waals surface area (Å²) in [6, 6.07) is 17.5. The normalized spacial score (nSPS) is 13.7. The van der Waals surface area contributed by atoms with Crippen molar-refractivity contribution in [2.45, 2.75) is 12.7 Å². The van der Waals surface area contributed by atoms with Crippen LogP contribution in [0.15, 0.2) is 59.6 Å². The summed E-state index contributed by atoms with van der Waals surface area (Å²) in [5, 5.41) is 0.803. The quantitative estimate of drug-likeness (QED) is 0.831. The van der Waals surface area contributed by atoms with Crippen molar-refractivity contribution in [3.63, 3.8) is 0 Å². The number of amidine groups is 1. The van der Waals surface area contributed by atoms with Crippen LogP contribution in [0.25, 0.3) is 0 Å². The number of benzene rings is 2. The van der Waals surface area contributed by atoms with E-state index in [-0.39, 0.29) is 5.91 Å². The minimum Gasteiger partial charge on any atom is -0.494 e. The number of thioether (sulfide) groups is 1. The summed E-state index contributed by atoms with van der Waals surface area (Å²) in [5.41, 5.74) is 1.89. The predicted octanol–water partition coefficient (Wildman–Crippen LogP) is 3.83. The van der Waals surface area contributed by atoms with Gasteiger partial charge in [0.25, 0.3) is 5.91 Å². The van der Waals surface area contributed by atoms with Crippen LogP contribution in [0.5, 0.6) is 5.75 Å². The molecule has 1 amide bonds. The van der Waals surface area contributed by atoms with E-state index in [0.717, 1.165) is 16.7 Å². The molecule has 5 heteroatoms. The maximum absolute atomic E-state index is 12.7. The lowest BCUT2D eigenvalue weighted by Gasteiger charge is -2.18. The second-order valence-electron chi connectivity index (χ2n) is 5.35. The number of rotatable bonds is 5. The van der Waals surface area contributed by atoms with Crippen molar-refractivity contribution in [2.75, 3.05) is 19.7 Å². The van der Waals surface area contributed by atoms with Gasteiger partial charge in [-0.05, 0) is 36.8 Å². The van der Waals surface area contributed by atoms with Crippen molar-refractivity contribution < 1.29 is 9.53 Å². The van der Waals surface area contributed by atoms with E-state index in [9.17, 15) is 4.79 Å². The number of hydrogen-bond donors (Lipinski definition) is 0. The Morgan fingerprint density at radius 2 is 1.92 bits per heavy atom. The summed E-state index contributed by atoms with van der Waals surface area (Å²) < 4.78 is 5.42. The third-order valence-electron chi connectivity index (χ3n) is 3.67. The molecule has 0 unspecified atom stereocenters. The summed E-state index contributed by atoms with van der Waals surface area (Å²) in [6.07, 6.45) is 0. The molecule has 24 heavy (non-hydrogen) atoms. The minimum absolute atomic E-state index is 0.00476. The first-order chi connectivity index (χ1) is 11.8. The van der Waals surface area contributed by atoms with Crippen LogP contribution in [0.3, 0.4) is 0 Å². The van der Waals surface area contributed by atoms with Crippen LogP contribution in [0, 0.1) is 0 Å². The van der Waals surface area contributed by atoms with E-state index < -0.39 is 0 Å². The van der Waals surface area contributed by atoms with Crippen molar-refractivity contribution in [2.24, 2.45) is 4.99 Å². The molecule has 124 valence electrons. The molecule has 0 fully saturated rings. The van der Waals surface area contributed by atoms with Gasteiger partial charge >= 0.3 is 0 Å². The Morgan fingerprint density at radius 3 is 2.62 bits per heavy atom. The van der Waals surface area contributed by atoms with E-state index in [0.29, 0.717) is 25.3 Å². The van der Waals surface area contributed by atoms with Crippen LogP contribution in [0.1, 0.15) is 22.8 Å². The largest absolute Gasteiger partial charge is 0.494 e. The Morgan fingerprint density at radius 1 is 1.17 bits per heavy atom. The van der Waals surface area contributed by atoms with Crippen LogP contribution >= 0.6 is 11.8 Å². The Kier molecular flexibility index (Phi) is 5.54. The van der Waals surface area contributed by atoms with Crippen LogP contribution in [0.4, 0.5) is 0 Å². The van der Waals surface area contributed by atoms with Gasteiger partial charge < -0.3 is 4.74 Å². The fraction of sp³-hybridized carbons (Fsp3) is 0.263. The zero-order valence-corrected chi connectivity index (χ0v) is 14.5. The molecule has 2 aromatic rings. The fourth-order valence-electron chi connectivity index (χ4n) is 2.48. The number of carbonyl (C=O) groups is 1. The third-order valence-corrected chi connectivity index (χ3v) is 4.76. The molecule has 0 saturated heterocycles. The zero-order chi connectivity index (χ0) is 16.8. The van der Waals surface area contributed by atoms with Crippen molar-refractivity contribution in [1.29, 1.82) is 0 Å². The zero-order valence-electron chi connectivity index (χ0n) is 13.6. The predicted molar refractivity (Wildman–Crippen MR) is 98.7 cm³/mol. The molecule has 0 aliphatic carbocycles. The number of ether oxygens (including phenoxy) is 1. The number of aliphatic imine (C=N–C) groups is 1. The lowest BCUT2D eigenvalue weighted by Crippen LogP contribution is -2.32. The number of amides is 1. The molecule has 0 N–H and O–H groups in total. The summed E-state index contributed by atoms with van der Waals surface area (Å²) in [7, 11) is 0. The topological polar surface area (TPSA) is 41.9 Å². The molecular formula is C19H20N2O2S. The average Bonchev–Trinajstić information content (AvgIpc) is 3.10. The molecule has 0 radical (unpaired) electrons. The number of nitrogens with zero attached hydrogens (tertiary/aromatic N) is 2. The molecule has 0 atom stereocenters. The minimum atomic E-state index is -0.00476. The van der Waals surface area contributed by atoms with Crippen LogP contribution in [-0.4, -0.2) is 35.7 Å². The highest BCUT2D eigenvalue weighted by Gasteiger charge is 2.25. The summed E-state index contributed by atoms with van der Waals surface area (Å²) in [4.78, 5) is 19.0. The molecule has 1 heterocycles. The van der Waals surface area contributed by atoms with Crippen LogP contribution in [0.2, 0.25) is 0 Å². The van der Waals surface area contributed by atoms with Gasteiger partial charge in [-0.2, -0.15) is 0 Å². The monoisotopic (exact) mass is 340 g/mol. The van der Waals surface area contributed by atoms with E-state index in [1.807, 2.05) is 49.4 Å². The van der Waals surface area contributed by atoms with Gasteiger partial charge in [0.1, 0.15) is 5.75 Å². The van der Waals surface area contributed by atoms with Gasteiger partial charge in [-0.15, -0.1) is 0 Å². The van der Waals surface area contributed by atoms with E-state index in [4.69, 9.17) is 4.74 Å². The van der Waals surface area contributed by atoms with Crippen LogP contribution < -0.4 is 4.74 Å². The molecule has 4 nitrogen and oxygen atoms in total. The van der Waals surface area contributed by atoms with Gasteiger partial charge in [0.2, 0.25) is 0 Å². The average molecular weight is 340 g/mol. The van der Waals surface area contributed by atoms with Gasteiger partial charge in [-0.1, -0.05) is 42.1 Å². The Bertz CT molecular complexity index is 714. The van der Waals surface area contributed by atoms with Gasteiger partial charge in [-0.25, -0.2) is 0 Å². The van der Waals surface area contributed by atoms with Crippen molar-refractivity contribution in [3.8, 4) is 5.75 Å². The molecule has 1 aliphatic heterocycles. The van der Waals surface area contributed by atoms with E-state index in [1.165, 1.54) is 5.56 Å². The van der Waals surface area contributed by atoms with Gasteiger partial charge in [0, 0.05) is 17.9 Å². The first kappa shape index (κ1) is 16.6. The molecule has 0 aromatic heterocycles. The van der Waals surface area contributed by atoms with E-state index in [2.05, 4.69) is 17.1 Å². The molecular weight excluding hydrogens is 320 g/mol. The fourth-order valence-corrected chi connectivity index (χ4v) is 3.48. The van der Waals surface area contributed by atoms with Gasteiger partial charge in [0.05, 0.1) is 13.2 Å². The Hall–Kier alpha value is -2.27. The smallest absolute Gasteiger partial charge is 0.259 e. The maximum Gasteiger partial charge on any atom is 0.259 e. The Balaban J connectivity index is 1.64. The van der Waals surface area contributed by atoms with Gasteiger partial charge in [0.15, 0.2) is 5.17 Å². The SMILES string of the molecule is CCOc1ccc(C(=O)N2CCN=C2SCc2ccccc2)cc1. The van der Waals surface area contributed by atoms with E-state index >= 15 is 0 Å².